The number of benzene rings is 1. The molecule has 0 spiro atoms. The molecule has 1 aliphatic heterocycles. The zero-order chi connectivity index (χ0) is 20.6. The summed E-state index contributed by atoms with van der Waals surface area (Å²) in [5.41, 5.74) is 1.98. The maximum Gasteiger partial charge on any atom is 0.253 e. The Hall–Kier alpha value is -1.35. The fourth-order valence-corrected chi connectivity index (χ4v) is 3.57. The van der Waals surface area contributed by atoms with Gasteiger partial charge in [-0.25, -0.2) is 0 Å². The number of hydrogen-bond donors (Lipinski definition) is 2. The summed E-state index contributed by atoms with van der Waals surface area (Å²) in [6.45, 7) is 8.59. The van der Waals surface area contributed by atoms with E-state index in [2.05, 4.69) is 40.4 Å². The number of halogens is 1. The van der Waals surface area contributed by atoms with E-state index < -0.39 is 0 Å². The van der Waals surface area contributed by atoms with Gasteiger partial charge < -0.3 is 15.5 Å². The predicted molar refractivity (Wildman–Crippen MR) is 132 cm³/mol. The van der Waals surface area contributed by atoms with Gasteiger partial charge in [0, 0.05) is 45.3 Å². The Morgan fingerprint density at radius 1 is 1.17 bits per heavy atom. The molecule has 0 aliphatic carbocycles. The summed E-state index contributed by atoms with van der Waals surface area (Å²) in [6.07, 6.45) is 4.78. The van der Waals surface area contributed by atoms with Crippen LogP contribution >= 0.6 is 24.0 Å². The summed E-state index contributed by atoms with van der Waals surface area (Å²) < 4.78 is 0. The lowest BCUT2D eigenvalue weighted by atomic mass is 9.98. The van der Waals surface area contributed by atoms with Crippen LogP contribution in [0.25, 0.3) is 0 Å². The molecule has 1 heterocycles. The number of likely N-dealkylation sites (tertiary alicyclic amines) is 1. The van der Waals surface area contributed by atoms with Crippen LogP contribution in [0.1, 0.15) is 49.0 Å². The molecule has 164 valence electrons. The highest BCUT2D eigenvalue weighted by Gasteiger charge is 2.27. The topological polar surface area (TPSA) is 60.0 Å². The third kappa shape index (κ3) is 8.12. The molecule has 0 saturated carbocycles. The molecule has 1 aromatic rings. The second kappa shape index (κ2) is 12.4. The maximum atomic E-state index is 12.1. The van der Waals surface area contributed by atoms with Gasteiger partial charge >= 0.3 is 0 Å². The number of nitrogens with one attached hydrogen (secondary N) is 2. The molecule has 0 aromatic heterocycles. The molecule has 6 nitrogen and oxygen atoms in total. The molecular weight excluding hydrogens is 477 g/mol. The van der Waals surface area contributed by atoms with Crippen LogP contribution in [0, 0.1) is 0 Å². The molecule has 1 aromatic carbocycles. The van der Waals surface area contributed by atoms with Crippen molar-refractivity contribution in [2.24, 2.45) is 4.99 Å². The smallest absolute Gasteiger partial charge is 0.253 e. The Bertz CT molecular complexity index is 669. The standard InChI is InChI=1S/C22H37N5O.HI/c1-22(2,27-14-7-6-8-15-27)17-25-21(23-3)24-13-12-18-10-9-11-19(16-18)20(28)26(4)5;/h9-11,16H,6-8,12-15,17H2,1-5H3,(H2,23,24,25);1H. The van der Waals surface area contributed by atoms with Crippen LogP contribution in [0.4, 0.5) is 0 Å². The van der Waals surface area contributed by atoms with E-state index in [4.69, 9.17) is 0 Å². The molecule has 1 amide bonds. The van der Waals surface area contributed by atoms with Crippen LogP contribution in [0.5, 0.6) is 0 Å². The Kier molecular flexibility index (Phi) is 11.0. The van der Waals surface area contributed by atoms with Crippen molar-refractivity contribution in [1.29, 1.82) is 0 Å². The van der Waals surface area contributed by atoms with Gasteiger partial charge in [0.15, 0.2) is 5.96 Å². The molecule has 7 heteroatoms. The summed E-state index contributed by atoms with van der Waals surface area (Å²) >= 11 is 0. The number of hydrogen-bond acceptors (Lipinski definition) is 3. The van der Waals surface area contributed by atoms with Gasteiger partial charge in [0.25, 0.3) is 5.91 Å². The molecule has 2 N–H and O–H groups in total. The van der Waals surface area contributed by atoms with E-state index in [1.54, 1.807) is 26.0 Å². The first-order chi connectivity index (χ1) is 13.3. The predicted octanol–water partition coefficient (Wildman–Crippen LogP) is 2.98. The molecule has 1 fully saturated rings. The van der Waals surface area contributed by atoms with E-state index in [0.717, 1.165) is 36.6 Å². The van der Waals surface area contributed by atoms with Gasteiger partial charge in [0.1, 0.15) is 0 Å². The molecule has 0 unspecified atom stereocenters. The van der Waals surface area contributed by atoms with Gasteiger partial charge in [-0.2, -0.15) is 0 Å². The van der Waals surface area contributed by atoms with Crippen LogP contribution in [0.15, 0.2) is 29.3 Å². The van der Waals surface area contributed by atoms with Gasteiger partial charge in [-0.05, 0) is 63.9 Å². The second-order valence-corrected chi connectivity index (χ2v) is 8.36. The summed E-state index contributed by atoms with van der Waals surface area (Å²) in [4.78, 5) is 20.6. The average molecular weight is 515 g/mol. The van der Waals surface area contributed by atoms with Crippen LogP contribution in [-0.2, 0) is 6.42 Å². The molecule has 2 rings (SSSR count). The van der Waals surface area contributed by atoms with Gasteiger partial charge in [0.05, 0.1) is 0 Å². The number of rotatable bonds is 7. The van der Waals surface area contributed by atoms with Gasteiger partial charge in [0.2, 0.25) is 0 Å². The van der Waals surface area contributed by atoms with E-state index in [-0.39, 0.29) is 35.4 Å². The highest BCUT2D eigenvalue weighted by atomic mass is 127. The minimum absolute atomic E-state index is 0. The summed E-state index contributed by atoms with van der Waals surface area (Å²) in [5.74, 6) is 0.859. The number of guanidine groups is 1. The monoisotopic (exact) mass is 515 g/mol. The van der Waals surface area contributed by atoms with Crippen molar-refractivity contribution in [2.75, 3.05) is 47.3 Å². The molecule has 0 bridgehead atoms. The molecule has 1 aliphatic rings. The number of carbonyl (C=O) groups is 1. The third-order valence-electron chi connectivity index (χ3n) is 5.41. The van der Waals surface area contributed by atoms with Crippen LogP contribution in [-0.4, -0.2) is 74.5 Å². The number of nitrogens with zero attached hydrogens (tertiary/aromatic N) is 3. The Balaban J connectivity index is 0.00000420. The number of aliphatic imine (C=N–C) groups is 1. The van der Waals surface area contributed by atoms with Crippen LogP contribution < -0.4 is 10.6 Å². The molecular formula is C22H38IN5O. The Morgan fingerprint density at radius 2 is 1.86 bits per heavy atom. The lowest BCUT2D eigenvalue weighted by molar-refractivity contribution is 0.0827. The van der Waals surface area contributed by atoms with Crippen molar-refractivity contribution in [3.05, 3.63) is 35.4 Å². The van der Waals surface area contributed by atoms with Gasteiger partial charge in [-0.3, -0.25) is 14.7 Å². The van der Waals surface area contributed by atoms with Crippen molar-refractivity contribution < 1.29 is 4.79 Å². The SMILES string of the molecule is CN=C(NCCc1cccc(C(=O)N(C)C)c1)NCC(C)(C)N1CCCCC1.I. The number of carbonyl (C=O) groups excluding carboxylic acids is 1. The van der Waals surface area contributed by atoms with Gasteiger partial charge in [-0.15, -0.1) is 24.0 Å². The highest BCUT2D eigenvalue weighted by molar-refractivity contribution is 14.0. The van der Waals surface area contributed by atoms with E-state index in [1.165, 1.54) is 32.4 Å². The fraction of sp³-hybridized carbons (Fsp3) is 0.636. The molecule has 1 saturated heterocycles. The van der Waals surface area contributed by atoms with E-state index in [9.17, 15) is 4.79 Å². The number of piperidine rings is 1. The van der Waals surface area contributed by atoms with Crippen LogP contribution in [0.2, 0.25) is 0 Å². The van der Waals surface area contributed by atoms with Crippen molar-refractivity contribution >= 4 is 35.8 Å². The maximum absolute atomic E-state index is 12.1. The minimum Gasteiger partial charge on any atom is -0.356 e. The highest BCUT2D eigenvalue weighted by Crippen LogP contribution is 2.19. The summed E-state index contributed by atoms with van der Waals surface area (Å²) in [6, 6.07) is 7.84. The van der Waals surface area contributed by atoms with Crippen molar-refractivity contribution in [3.8, 4) is 0 Å². The largest absolute Gasteiger partial charge is 0.356 e. The van der Waals surface area contributed by atoms with Crippen molar-refractivity contribution in [1.82, 2.24) is 20.4 Å². The first-order valence-electron chi connectivity index (χ1n) is 10.3. The fourth-order valence-electron chi connectivity index (χ4n) is 3.57. The van der Waals surface area contributed by atoms with Crippen molar-refractivity contribution in [2.45, 2.75) is 45.1 Å². The minimum atomic E-state index is 0. The quantitative estimate of drug-likeness (QED) is 0.333. The van der Waals surface area contributed by atoms with Crippen molar-refractivity contribution in [3.63, 3.8) is 0 Å². The van der Waals surface area contributed by atoms with Gasteiger partial charge in [-0.1, -0.05) is 18.6 Å². The molecule has 29 heavy (non-hydrogen) atoms. The second-order valence-electron chi connectivity index (χ2n) is 8.36. The Morgan fingerprint density at radius 3 is 2.48 bits per heavy atom. The first-order valence-corrected chi connectivity index (χ1v) is 10.3. The normalized spacial score (nSPS) is 15.4. The van der Waals surface area contributed by atoms with E-state index >= 15 is 0 Å². The summed E-state index contributed by atoms with van der Waals surface area (Å²) in [5, 5.41) is 6.86. The van der Waals surface area contributed by atoms with E-state index in [0.29, 0.717) is 0 Å². The average Bonchev–Trinajstić information content (AvgIpc) is 2.70. The number of amides is 1. The lowest BCUT2D eigenvalue weighted by Crippen LogP contribution is -2.55. The lowest BCUT2D eigenvalue weighted by Gasteiger charge is -2.41. The van der Waals surface area contributed by atoms with E-state index in [1.807, 2.05) is 18.2 Å². The zero-order valence-electron chi connectivity index (χ0n) is 18.6. The Labute approximate surface area is 193 Å². The first kappa shape index (κ1) is 25.7. The molecule has 0 atom stereocenters. The zero-order valence-corrected chi connectivity index (χ0v) is 21.0. The molecule has 0 radical (unpaired) electrons. The van der Waals surface area contributed by atoms with Crippen LogP contribution in [0.3, 0.4) is 0 Å². The summed E-state index contributed by atoms with van der Waals surface area (Å²) in [7, 11) is 5.36. The third-order valence-corrected chi connectivity index (χ3v) is 5.41.